The third-order valence-electron chi connectivity index (χ3n) is 4.04. The van der Waals surface area contributed by atoms with Crippen LogP contribution < -0.4 is 5.73 Å². The molecular formula is C16H27N3O. The predicted molar refractivity (Wildman–Crippen MR) is 82.7 cm³/mol. The predicted octanol–water partition coefficient (Wildman–Crippen LogP) is 1.34. The number of nitrogens with zero attached hydrogens (tertiary/aromatic N) is 2. The molecular weight excluding hydrogens is 250 g/mol. The molecule has 0 aromatic heterocycles. The highest BCUT2D eigenvalue weighted by Gasteiger charge is 2.27. The quantitative estimate of drug-likeness (QED) is 0.852. The second kappa shape index (κ2) is 7.74. The number of methoxy groups -OCH3 is 1. The van der Waals surface area contributed by atoms with Gasteiger partial charge in [0.05, 0.1) is 0 Å². The van der Waals surface area contributed by atoms with Crippen LogP contribution in [0, 0.1) is 0 Å². The second-order valence-corrected chi connectivity index (χ2v) is 5.73. The molecule has 0 spiro atoms. The first-order valence-electron chi connectivity index (χ1n) is 7.42. The molecule has 1 aliphatic heterocycles. The summed E-state index contributed by atoms with van der Waals surface area (Å²) in [6, 6.07) is 11.4. The lowest BCUT2D eigenvalue weighted by Gasteiger charge is -2.41. The highest BCUT2D eigenvalue weighted by Crippen LogP contribution is 2.24. The lowest BCUT2D eigenvalue weighted by atomic mass is 10.0. The Bertz CT molecular complexity index is 385. The molecule has 1 fully saturated rings. The van der Waals surface area contributed by atoms with Crippen LogP contribution in [0.4, 0.5) is 0 Å². The van der Waals surface area contributed by atoms with Gasteiger partial charge in [-0.3, -0.25) is 4.90 Å². The van der Waals surface area contributed by atoms with Crippen LogP contribution in [-0.2, 0) is 4.74 Å². The van der Waals surface area contributed by atoms with E-state index in [1.807, 2.05) is 0 Å². The number of hydrogen-bond donors (Lipinski definition) is 1. The summed E-state index contributed by atoms with van der Waals surface area (Å²) >= 11 is 0. The molecule has 2 unspecified atom stereocenters. The fourth-order valence-corrected chi connectivity index (χ4v) is 2.83. The fourth-order valence-electron chi connectivity index (χ4n) is 2.83. The van der Waals surface area contributed by atoms with Gasteiger partial charge in [0.15, 0.2) is 0 Å². The van der Waals surface area contributed by atoms with E-state index in [2.05, 4.69) is 47.2 Å². The van der Waals surface area contributed by atoms with Crippen LogP contribution in [0.3, 0.4) is 0 Å². The average Bonchev–Trinajstić information content (AvgIpc) is 2.48. The van der Waals surface area contributed by atoms with Crippen LogP contribution in [0.15, 0.2) is 30.3 Å². The highest BCUT2D eigenvalue weighted by atomic mass is 16.5. The molecule has 4 nitrogen and oxygen atoms in total. The van der Waals surface area contributed by atoms with Crippen LogP contribution >= 0.6 is 0 Å². The molecule has 0 aliphatic carbocycles. The molecule has 4 heteroatoms. The number of likely N-dealkylation sites (N-methyl/N-ethyl adjacent to an activating group) is 1. The van der Waals surface area contributed by atoms with Gasteiger partial charge < -0.3 is 15.4 Å². The van der Waals surface area contributed by atoms with Crippen molar-refractivity contribution in [2.75, 3.05) is 46.9 Å². The van der Waals surface area contributed by atoms with E-state index >= 15 is 0 Å². The maximum absolute atomic E-state index is 6.23. The minimum atomic E-state index is 0.185. The van der Waals surface area contributed by atoms with Gasteiger partial charge >= 0.3 is 0 Å². The molecule has 2 N–H and O–H groups in total. The summed E-state index contributed by atoms with van der Waals surface area (Å²) in [4.78, 5) is 4.92. The first kappa shape index (κ1) is 15.4. The molecule has 1 saturated heterocycles. The van der Waals surface area contributed by atoms with Gasteiger partial charge in [-0.25, -0.2) is 0 Å². The number of hydrogen-bond acceptors (Lipinski definition) is 4. The fraction of sp³-hybridized carbons (Fsp3) is 0.625. The molecule has 2 rings (SSSR count). The number of benzene rings is 1. The summed E-state index contributed by atoms with van der Waals surface area (Å²) in [5.41, 5.74) is 7.62. The largest absolute Gasteiger partial charge is 0.385 e. The Hall–Kier alpha value is -0.940. The molecule has 112 valence electrons. The molecule has 2 atom stereocenters. The lowest BCUT2D eigenvalue weighted by molar-refractivity contribution is 0.0796. The highest BCUT2D eigenvalue weighted by molar-refractivity contribution is 5.20. The van der Waals surface area contributed by atoms with Crippen molar-refractivity contribution in [3.63, 3.8) is 0 Å². The Balaban J connectivity index is 2.01. The van der Waals surface area contributed by atoms with E-state index in [1.165, 1.54) is 5.56 Å². The third kappa shape index (κ3) is 4.28. The van der Waals surface area contributed by atoms with Gasteiger partial charge in [0.25, 0.3) is 0 Å². The van der Waals surface area contributed by atoms with Gasteiger partial charge in [0, 0.05) is 52.0 Å². The Kier molecular flexibility index (Phi) is 5.98. The molecule has 0 radical (unpaired) electrons. The smallest absolute Gasteiger partial charge is 0.0477 e. The van der Waals surface area contributed by atoms with Crippen LogP contribution in [0.5, 0.6) is 0 Å². The van der Waals surface area contributed by atoms with E-state index in [9.17, 15) is 0 Å². The van der Waals surface area contributed by atoms with Crippen molar-refractivity contribution >= 4 is 0 Å². The van der Waals surface area contributed by atoms with Gasteiger partial charge in [0.1, 0.15) is 0 Å². The average molecular weight is 277 g/mol. The van der Waals surface area contributed by atoms with E-state index in [4.69, 9.17) is 10.5 Å². The molecule has 0 amide bonds. The first-order chi connectivity index (χ1) is 9.70. The van der Waals surface area contributed by atoms with Crippen molar-refractivity contribution in [2.45, 2.75) is 18.5 Å². The molecule has 1 aliphatic rings. The van der Waals surface area contributed by atoms with Crippen molar-refractivity contribution in [1.82, 2.24) is 9.80 Å². The van der Waals surface area contributed by atoms with Gasteiger partial charge in [-0.15, -0.1) is 0 Å². The van der Waals surface area contributed by atoms with Crippen LogP contribution in [0.25, 0.3) is 0 Å². The Morgan fingerprint density at radius 1 is 1.30 bits per heavy atom. The summed E-state index contributed by atoms with van der Waals surface area (Å²) < 4.78 is 5.12. The first-order valence-corrected chi connectivity index (χ1v) is 7.42. The summed E-state index contributed by atoms with van der Waals surface area (Å²) in [6.45, 7) is 4.94. The topological polar surface area (TPSA) is 41.7 Å². The zero-order valence-corrected chi connectivity index (χ0v) is 12.7. The summed E-state index contributed by atoms with van der Waals surface area (Å²) in [7, 11) is 3.92. The van der Waals surface area contributed by atoms with Crippen LogP contribution in [-0.4, -0.2) is 62.8 Å². The third-order valence-corrected chi connectivity index (χ3v) is 4.04. The van der Waals surface area contributed by atoms with Gasteiger partial charge in [-0.05, 0) is 19.0 Å². The summed E-state index contributed by atoms with van der Waals surface area (Å²) in [5, 5.41) is 0. The van der Waals surface area contributed by atoms with E-state index in [0.29, 0.717) is 6.04 Å². The van der Waals surface area contributed by atoms with E-state index in [1.54, 1.807) is 7.11 Å². The SMILES string of the molecule is COCCC(N)CN1CCN(C)CC1c1ccccc1. The van der Waals surface area contributed by atoms with Gasteiger partial charge in [-0.2, -0.15) is 0 Å². The van der Waals surface area contributed by atoms with Crippen LogP contribution in [0.2, 0.25) is 0 Å². The van der Waals surface area contributed by atoms with Crippen molar-refractivity contribution in [3.05, 3.63) is 35.9 Å². The number of nitrogens with two attached hydrogens (primary N) is 1. The summed E-state index contributed by atoms with van der Waals surface area (Å²) in [6.07, 6.45) is 0.921. The van der Waals surface area contributed by atoms with Crippen molar-refractivity contribution in [1.29, 1.82) is 0 Å². The van der Waals surface area contributed by atoms with Crippen molar-refractivity contribution in [3.8, 4) is 0 Å². The van der Waals surface area contributed by atoms with Crippen molar-refractivity contribution < 1.29 is 4.74 Å². The lowest BCUT2D eigenvalue weighted by Crippen LogP contribution is -2.50. The Labute approximate surface area is 122 Å². The summed E-state index contributed by atoms with van der Waals surface area (Å²) in [5.74, 6) is 0. The van der Waals surface area contributed by atoms with Crippen LogP contribution in [0.1, 0.15) is 18.0 Å². The maximum Gasteiger partial charge on any atom is 0.0477 e. The minimum absolute atomic E-state index is 0.185. The molecule has 0 bridgehead atoms. The monoisotopic (exact) mass is 277 g/mol. The maximum atomic E-state index is 6.23. The molecule has 1 heterocycles. The number of rotatable bonds is 6. The molecule has 0 saturated carbocycles. The molecule has 1 aromatic rings. The zero-order valence-electron chi connectivity index (χ0n) is 12.7. The molecule has 20 heavy (non-hydrogen) atoms. The zero-order chi connectivity index (χ0) is 14.4. The Morgan fingerprint density at radius 3 is 2.75 bits per heavy atom. The van der Waals surface area contributed by atoms with E-state index in [-0.39, 0.29) is 6.04 Å². The van der Waals surface area contributed by atoms with Gasteiger partial charge in [0.2, 0.25) is 0 Å². The van der Waals surface area contributed by atoms with E-state index < -0.39 is 0 Å². The Morgan fingerprint density at radius 2 is 2.05 bits per heavy atom. The van der Waals surface area contributed by atoms with Gasteiger partial charge in [-0.1, -0.05) is 30.3 Å². The number of ether oxygens (including phenoxy) is 1. The standard InChI is InChI=1S/C16H27N3O/c1-18-9-10-19(12-15(17)8-11-20-2)16(13-18)14-6-4-3-5-7-14/h3-7,15-16H,8-13,17H2,1-2H3. The van der Waals surface area contributed by atoms with Crippen molar-refractivity contribution in [2.24, 2.45) is 5.73 Å². The normalized spacial score (nSPS) is 22.9. The number of piperazine rings is 1. The minimum Gasteiger partial charge on any atom is -0.385 e. The van der Waals surface area contributed by atoms with E-state index in [0.717, 1.165) is 39.2 Å². The molecule has 1 aromatic carbocycles. The second-order valence-electron chi connectivity index (χ2n) is 5.73.